The van der Waals surface area contributed by atoms with E-state index in [4.69, 9.17) is 22.1 Å². The number of amides is 3. The number of primary amides is 1. The number of nitrogens with zero attached hydrogens (tertiary/aromatic N) is 1. The van der Waals surface area contributed by atoms with Gasteiger partial charge in [0.25, 0.3) is 5.91 Å². The minimum Gasteiger partial charge on any atom is -0.455 e. The highest BCUT2D eigenvalue weighted by atomic mass is 35.5. The minimum atomic E-state index is -0.771. The molecule has 0 radical (unpaired) electrons. The molecule has 0 aromatic heterocycles. The van der Waals surface area contributed by atoms with Gasteiger partial charge >= 0.3 is 12.0 Å². The molecule has 3 N–H and O–H groups in total. The number of urea groups is 1. The number of rotatable bonds is 8. The predicted molar refractivity (Wildman–Crippen MR) is 110 cm³/mol. The number of ether oxygens (including phenoxy) is 1. The van der Waals surface area contributed by atoms with E-state index in [-0.39, 0.29) is 18.9 Å². The fraction of sp³-hybridized carbons (Fsp3) is 0.286. The molecule has 0 spiro atoms. The molecule has 0 aliphatic carbocycles. The number of halogens is 1. The second-order valence-electron chi connectivity index (χ2n) is 6.65. The van der Waals surface area contributed by atoms with Crippen LogP contribution in [-0.4, -0.2) is 36.5 Å². The smallest absolute Gasteiger partial charge is 0.312 e. The minimum absolute atomic E-state index is 0.167. The van der Waals surface area contributed by atoms with E-state index in [2.05, 4.69) is 5.32 Å². The molecule has 0 aliphatic heterocycles. The number of benzene rings is 2. The highest BCUT2D eigenvalue weighted by Crippen LogP contribution is 2.20. The molecule has 0 bridgehead atoms. The molecule has 0 unspecified atom stereocenters. The molecule has 3 amide bonds. The Morgan fingerprint density at radius 2 is 1.79 bits per heavy atom. The van der Waals surface area contributed by atoms with Crippen molar-refractivity contribution in [1.29, 1.82) is 0 Å². The monoisotopic (exact) mass is 417 g/mol. The molecule has 2 aromatic carbocycles. The third-order valence-corrected chi connectivity index (χ3v) is 4.66. The van der Waals surface area contributed by atoms with Crippen molar-refractivity contribution in [3.63, 3.8) is 0 Å². The molecule has 8 heteroatoms. The molecule has 0 saturated carbocycles. The normalized spacial score (nSPS) is 11.4. The van der Waals surface area contributed by atoms with E-state index in [1.807, 2.05) is 31.2 Å². The summed E-state index contributed by atoms with van der Waals surface area (Å²) < 4.78 is 5.10. The van der Waals surface area contributed by atoms with Crippen molar-refractivity contribution in [3.8, 4) is 0 Å². The van der Waals surface area contributed by atoms with Crippen LogP contribution in [-0.2, 0) is 20.9 Å². The maximum atomic E-state index is 12.3. The number of carbonyl (C=O) groups is 3. The Labute approximate surface area is 174 Å². The van der Waals surface area contributed by atoms with Crippen LogP contribution in [0.25, 0.3) is 0 Å². The second-order valence-corrected chi connectivity index (χ2v) is 7.09. The lowest BCUT2D eigenvalue weighted by Crippen LogP contribution is -2.35. The van der Waals surface area contributed by atoms with Crippen LogP contribution in [0.2, 0.25) is 5.02 Å². The van der Waals surface area contributed by atoms with Crippen molar-refractivity contribution < 1.29 is 19.1 Å². The lowest BCUT2D eigenvalue weighted by molar-refractivity contribution is -0.152. The van der Waals surface area contributed by atoms with Gasteiger partial charge in [0, 0.05) is 18.6 Å². The summed E-state index contributed by atoms with van der Waals surface area (Å²) in [6.45, 7) is 2.00. The topological polar surface area (TPSA) is 102 Å². The molecule has 1 atom stereocenters. The Kier molecular flexibility index (Phi) is 8.03. The molecular formula is C21H24ClN3O4. The first kappa shape index (κ1) is 22.2. The molecule has 0 saturated heterocycles. The Morgan fingerprint density at radius 1 is 1.14 bits per heavy atom. The Morgan fingerprint density at radius 3 is 2.41 bits per heavy atom. The fourth-order valence-corrected chi connectivity index (χ4v) is 2.85. The summed E-state index contributed by atoms with van der Waals surface area (Å²) in [7, 11) is 1.65. The molecule has 2 rings (SSSR count). The average molecular weight is 418 g/mol. The second kappa shape index (κ2) is 10.5. The summed E-state index contributed by atoms with van der Waals surface area (Å²) >= 11 is 5.86. The summed E-state index contributed by atoms with van der Waals surface area (Å²) in [5.41, 5.74) is 7.93. The first-order valence-electron chi connectivity index (χ1n) is 9.01. The summed E-state index contributed by atoms with van der Waals surface area (Å²) in [6, 6.07) is 12.9. The molecule has 0 fully saturated rings. The van der Waals surface area contributed by atoms with Crippen molar-refractivity contribution >= 4 is 29.5 Å². The zero-order valence-electron chi connectivity index (χ0n) is 16.4. The Hall–Kier alpha value is -3.06. The largest absolute Gasteiger partial charge is 0.455 e. The molecule has 29 heavy (non-hydrogen) atoms. The third-order valence-electron chi connectivity index (χ3n) is 4.41. The number of nitrogens with two attached hydrogens (primary N) is 1. The van der Waals surface area contributed by atoms with Crippen molar-refractivity contribution in [3.05, 3.63) is 70.2 Å². The summed E-state index contributed by atoms with van der Waals surface area (Å²) in [5, 5.41) is 3.02. The van der Waals surface area contributed by atoms with Gasteiger partial charge in [-0.15, -0.1) is 0 Å². The van der Waals surface area contributed by atoms with Crippen molar-refractivity contribution in [1.82, 2.24) is 10.2 Å². The van der Waals surface area contributed by atoms with Crippen molar-refractivity contribution in [2.45, 2.75) is 25.9 Å². The van der Waals surface area contributed by atoms with E-state index in [1.54, 1.807) is 31.3 Å². The Balaban J connectivity index is 1.90. The lowest BCUT2D eigenvalue weighted by Gasteiger charge is -2.20. The highest BCUT2D eigenvalue weighted by Gasteiger charge is 2.20. The lowest BCUT2D eigenvalue weighted by atomic mass is 10.0. The van der Waals surface area contributed by atoms with Gasteiger partial charge in [-0.1, -0.05) is 48.0 Å². The van der Waals surface area contributed by atoms with Crippen molar-refractivity contribution in [2.75, 3.05) is 13.7 Å². The van der Waals surface area contributed by atoms with Gasteiger partial charge in [0.1, 0.15) is 0 Å². The summed E-state index contributed by atoms with van der Waals surface area (Å²) in [4.78, 5) is 37.2. The van der Waals surface area contributed by atoms with Gasteiger partial charge < -0.3 is 20.7 Å². The first-order chi connectivity index (χ1) is 13.8. The zero-order valence-corrected chi connectivity index (χ0v) is 17.1. The maximum absolute atomic E-state index is 12.3. The number of carbonyl (C=O) groups excluding carboxylic acids is 3. The predicted octanol–water partition coefficient (Wildman–Crippen LogP) is 2.95. The summed E-state index contributed by atoms with van der Waals surface area (Å²) in [5.74, 6) is -0.955. The Bertz CT molecular complexity index is 870. The van der Waals surface area contributed by atoms with E-state index in [9.17, 15) is 14.4 Å². The molecule has 2 aromatic rings. The number of hydrogen-bond donors (Lipinski definition) is 2. The van der Waals surface area contributed by atoms with Gasteiger partial charge in [-0.25, -0.2) is 4.79 Å². The fourth-order valence-electron chi connectivity index (χ4n) is 2.73. The van der Waals surface area contributed by atoms with Crippen LogP contribution in [0.4, 0.5) is 4.79 Å². The molecule has 7 nitrogen and oxygen atoms in total. The zero-order chi connectivity index (χ0) is 21.4. The van der Waals surface area contributed by atoms with Crippen LogP contribution in [0.15, 0.2) is 48.5 Å². The quantitative estimate of drug-likeness (QED) is 0.644. The molecule has 0 aliphatic rings. The van der Waals surface area contributed by atoms with E-state index >= 15 is 0 Å². The SMILES string of the molecule is Cc1ccccc1CN(C)C(=O)COC(=O)C[C@H](NC(N)=O)c1ccc(Cl)cc1. The van der Waals surface area contributed by atoms with Gasteiger partial charge in [0.2, 0.25) is 0 Å². The van der Waals surface area contributed by atoms with E-state index in [1.165, 1.54) is 4.90 Å². The van der Waals surface area contributed by atoms with Gasteiger partial charge in [0.05, 0.1) is 12.5 Å². The van der Waals surface area contributed by atoms with Crippen LogP contribution in [0, 0.1) is 6.92 Å². The standard InChI is InChI=1S/C21H24ClN3O4/c1-14-5-3-4-6-16(14)12-25(2)19(26)13-29-20(27)11-18(24-21(23)28)15-7-9-17(22)10-8-15/h3-10,18H,11-13H2,1-2H3,(H3,23,24,28)/t18-/m0/s1. The molecule has 0 heterocycles. The number of hydrogen-bond acceptors (Lipinski definition) is 4. The van der Waals surface area contributed by atoms with Crippen LogP contribution in [0.1, 0.15) is 29.2 Å². The average Bonchev–Trinajstić information content (AvgIpc) is 2.67. The van der Waals surface area contributed by atoms with Crippen LogP contribution < -0.4 is 11.1 Å². The number of nitrogens with one attached hydrogen (secondary N) is 1. The van der Waals surface area contributed by atoms with Gasteiger partial charge in [-0.2, -0.15) is 0 Å². The third kappa shape index (κ3) is 7.12. The van der Waals surface area contributed by atoms with Gasteiger partial charge in [0.15, 0.2) is 6.61 Å². The number of aryl methyl sites for hydroxylation is 1. The molecule has 154 valence electrons. The number of likely N-dealkylation sites (N-methyl/N-ethyl adjacent to an activating group) is 1. The first-order valence-corrected chi connectivity index (χ1v) is 9.39. The van der Waals surface area contributed by atoms with Crippen molar-refractivity contribution in [2.24, 2.45) is 5.73 Å². The van der Waals surface area contributed by atoms with Crippen LogP contribution >= 0.6 is 11.6 Å². The highest BCUT2D eigenvalue weighted by molar-refractivity contribution is 6.30. The van der Waals surface area contributed by atoms with Crippen LogP contribution in [0.3, 0.4) is 0 Å². The van der Waals surface area contributed by atoms with Crippen LogP contribution in [0.5, 0.6) is 0 Å². The number of esters is 1. The van der Waals surface area contributed by atoms with E-state index in [0.29, 0.717) is 17.1 Å². The molecular weight excluding hydrogens is 394 g/mol. The van der Waals surface area contributed by atoms with Gasteiger partial charge in [-0.05, 0) is 35.7 Å². The van der Waals surface area contributed by atoms with Gasteiger partial charge in [-0.3, -0.25) is 9.59 Å². The van der Waals surface area contributed by atoms with E-state index < -0.39 is 18.0 Å². The maximum Gasteiger partial charge on any atom is 0.312 e. The van der Waals surface area contributed by atoms with E-state index in [0.717, 1.165) is 11.1 Å². The summed E-state index contributed by atoms with van der Waals surface area (Å²) in [6.07, 6.45) is -0.167.